The van der Waals surface area contributed by atoms with Crippen LogP contribution in [0.15, 0.2) is 29.2 Å². The highest BCUT2D eigenvalue weighted by molar-refractivity contribution is 7.07. The molecule has 0 aliphatic carbocycles. The molecule has 4 nitrogen and oxygen atoms in total. The third-order valence-corrected chi connectivity index (χ3v) is 2.94. The van der Waals surface area contributed by atoms with E-state index in [2.05, 4.69) is 9.97 Å². The molecular weight excluding hydrogens is 224 g/mol. The first-order chi connectivity index (χ1) is 7.81. The number of rotatable bonds is 4. The van der Waals surface area contributed by atoms with Crippen LogP contribution in [0.3, 0.4) is 0 Å². The molecule has 0 aliphatic heterocycles. The molecule has 0 spiro atoms. The standard InChI is InChI=1S/C11H12N2O2S/c1-15-11-10(12-3-4-13-11)9(14)6-8-2-5-16-7-8/h2-5,7,9,14H,6H2,1H3. The molecule has 0 amide bonds. The second-order valence-corrected chi connectivity index (χ2v) is 4.08. The summed E-state index contributed by atoms with van der Waals surface area (Å²) in [7, 11) is 1.52. The number of nitrogens with zero attached hydrogens (tertiary/aromatic N) is 2. The number of hydrogen-bond donors (Lipinski definition) is 1. The van der Waals surface area contributed by atoms with Gasteiger partial charge in [-0.15, -0.1) is 0 Å². The van der Waals surface area contributed by atoms with Crippen LogP contribution in [0.25, 0.3) is 0 Å². The Labute approximate surface area is 97.6 Å². The van der Waals surface area contributed by atoms with Crippen LogP contribution in [0.2, 0.25) is 0 Å². The summed E-state index contributed by atoms with van der Waals surface area (Å²) in [5.74, 6) is 0.380. The molecule has 0 radical (unpaired) electrons. The minimum absolute atomic E-state index is 0.380. The van der Waals surface area contributed by atoms with Gasteiger partial charge in [-0.3, -0.25) is 4.98 Å². The molecule has 1 N–H and O–H groups in total. The number of hydrogen-bond acceptors (Lipinski definition) is 5. The number of ether oxygens (including phenoxy) is 1. The third-order valence-electron chi connectivity index (χ3n) is 2.21. The molecule has 0 saturated carbocycles. The van der Waals surface area contributed by atoms with Crippen molar-refractivity contribution in [3.8, 4) is 5.88 Å². The summed E-state index contributed by atoms with van der Waals surface area (Å²) in [5.41, 5.74) is 1.57. The van der Waals surface area contributed by atoms with Crippen LogP contribution in [0, 0.1) is 0 Å². The summed E-state index contributed by atoms with van der Waals surface area (Å²) in [6.45, 7) is 0. The minimum atomic E-state index is -0.682. The lowest BCUT2D eigenvalue weighted by Crippen LogP contribution is -2.07. The number of methoxy groups -OCH3 is 1. The van der Waals surface area contributed by atoms with Crippen molar-refractivity contribution in [3.05, 3.63) is 40.5 Å². The second-order valence-electron chi connectivity index (χ2n) is 3.30. The zero-order chi connectivity index (χ0) is 11.4. The number of thiophene rings is 1. The summed E-state index contributed by atoms with van der Waals surface area (Å²) >= 11 is 1.61. The lowest BCUT2D eigenvalue weighted by Gasteiger charge is -2.11. The topological polar surface area (TPSA) is 55.2 Å². The van der Waals surface area contributed by atoms with Gasteiger partial charge in [-0.05, 0) is 22.4 Å². The van der Waals surface area contributed by atoms with Crippen molar-refractivity contribution in [2.45, 2.75) is 12.5 Å². The van der Waals surface area contributed by atoms with Crippen molar-refractivity contribution in [2.24, 2.45) is 0 Å². The third kappa shape index (κ3) is 2.37. The Balaban J connectivity index is 2.17. The summed E-state index contributed by atoms with van der Waals surface area (Å²) in [5, 5.41) is 14.0. The molecule has 0 fully saturated rings. The SMILES string of the molecule is COc1nccnc1C(O)Cc1ccsc1. The molecular formula is C11H12N2O2S. The number of aliphatic hydroxyl groups excluding tert-OH is 1. The molecule has 1 atom stereocenters. The Morgan fingerprint density at radius 2 is 2.25 bits per heavy atom. The van der Waals surface area contributed by atoms with Crippen molar-refractivity contribution in [1.82, 2.24) is 9.97 Å². The summed E-state index contributed by atoms with van der Waals surface area (Å²) in [6, 6.07) is 1.98. The van der Waals surface area contributed by atoms with Gasteiger partial charge in [-0.1, -0.05) is 0 Å². The highest BCUT2D eigenvalue weighted by Gasteiger charge is 2.16. The molecule has 2 aromatic heterocycles. The van der Waals surface area contributed by atoms with Gasteiger partial charge in [0, 0.05) is 18.8 Å². The molecule has 5 heteroatoms. The maximum Gasteiger partial charge on any atom is 0.238 e. The van der Waals surface area contributed by atoms with Gasteiger partial charge in [0.25, 0.3) is 0 Å². The first kappa shape index (κ1) is 11.0. The molecule has 0 aliphatic rings. The van der Waals surface area contributed by atoms with Gasteiger partial charge in [-0.25, -0.2) is 4.98 Å². The van der Waals surface area contributed by atoms with E-state index >= 15 is 0 Å². The molecule has 2 aromatic rings. The van der Waals surface area contributed by atoms with E-state index in [0.717, 1.165) is 5.56 Å². The van der Waals surface area contributed by atoms with Gasteiger partial charge < -0.3 is 9.84 Å². The van der Waals surface area contributed by atoms with E-state index in [1.54, 1.807) is 23.7 Å². The van der Waals surface area contributed by atoms with Crippen LogP contribution in [0.5, 0.6) is 5.88 Å². The van der Waals surface area contributed by atoms with Crippen molar-refractivity contribution >= 4 is 11.3 Å². The normalized spacial score (nSPS) is 12.4. The van der Waals surface area contributed by atoms with Crippen LogP contribution in [0.1, 0.15) is 17.4 Å². The fourth-order valence-corrected chi connectivity index (χ4v) is 2.13. The van der Waals surface area contributed by atoms with Gasteiger partial charge in [0.05, 0.1) is 7.11 Å². The lowest BCUT2D eigenvalue weighted by atomic mass is 10.1. The second kappa shape index (κ2) is 5.05. The minimum Gasteiger partial charge on any atom is -0.480 e. The Morgan fingerprint density at radius 3 is 2.94 bits per heavy atom. The van der Waals surface area contributed by atoms with Gasteiger partial charge in [0.15, 0.2) is 0 Å². The predicted octanol–water partition coefficient (Wildman–Crippen LogP) is 1.82. The van der Waals surface area contributed by atoms with Gasteiger partial charge >= 0.3 is 0 Å². The number of aliphatic hydroxyl groups is 1. The van der Waals surface area contributed by atoms with Crippen LogP contribution in [-0.4, -0.2) is 22.2 Å². The average molecular weight is 236 g/mol. The summed E-state index contributed by atoms with van der Waals surface area (Å²) in [4.78, 5) is 8.10. The van der Waals surface area contributed by atoms with E-state index in [1.807, 2.05) is 16.8 Å². The first-order valence-electron chi connectivity index (χ1n) is 4.85. The van der Waals surface area contributed by atoms with Crippen LogP contribution < -0.4 is 4.74 Å². The molecule has 2 heterocycles. The molecule has 1 unspecified atom stereocenters. The molecule has 0 aromatic carbocycles. The quantitative estimate of drug-likeness (QED) is 0.879. The highest BCUT2D eigenvalue weighted by Crippen LogP contribution is 2.23. The Hall–Kier alpha value is -1.46. The Kier molecular flexibility index (Phi) is 3.48. The number of aromatic nitrogens is 2. The monoisotopic (exact) mass is 236 g/mol. The highest BCUT2D eigenvalue weighted by atomic mass is 32.1. The van der Waals surface area contributed by atoms with Crippen molar-refractivity contribution in [1.29, 1.82) is 0 Å². The van der Waals surface area contributed by atoms with Crippen LogP contribution >= 0.6 is 11.3 Å². The van der Waals surface area contributed by atoms with Gasteiger partial charge in [-0.2, -0.15) is 11.3 Å². The van der Waals surface area contributed by atoms with E-state index in [9.17, 15) is 5.11 Å². The van der Waals surface area contributed by atoms with Gasteiger partial charge in [0.2, 0.25) is 5.88 Å². The van der Waals surface area contributed by atoms with Crippen LogP contribution in [-0.2, 0) is 6.42 Å². The predicted molar refractivity (Wildman–Crippen MR) is 61.6 cm³/mol. The van der Waals surface area contributed by atoms with E-state index in [1.165, 1.54) is 7.11 Å². The van der Waals surface area contributed by atoms with E-state index < -0.39 is 6.10 Å². The zero-order valence-electron chi connectivity index (χ0n) is 8.83. The summed E-state index contributed by atoms with van der Waals surface area (Å²) < 4.78 is 5.05. The Morgan fingerprint density at radius 1 is 1.44 bits per heavy atom. The largest absolute Gasteiger partial charge is 0.480 e. The first-order valence-corrected chi connectivity index (χ1v) is 5.79. The average Bonchev–Trinajstić information content (AvgIpc) is 2.81. The van der Waals surface area contributed by atoms with E-state index in [4.69, 9.17) is 4.74 Å². The molecule has 0 bridgehead atoms. The lowest BCUT2D eigenvalue weighted by molar-refractivity contribution is 0.167. The fourth-order valence-electron chi connectivity index (χ4n) is 1.45. The molecule has 0 saturated heterocycles. The summed E-state index contributed by atoms with van der Waals surface area (Å²) in [6.07, 6.45) is 2.94. The van der Waals surface area contributed by atoms with Gasteiger partial charge in [0.1, 0.15) is 11.8 Å². The Bertz CT molecular complexity index is 445. The van der Waals surface area contributed by atoms with E-state index in [0.29, 0.717) is 18.0 Å². The van der Waals surface area contributed by atoms with Crippen LogP contribution in [0.4, 0.5) is 0 Å². The zero-order valence-corrected chi connectivity index (χ0v) is 9.65. The maximum absolute atomic E-state index is 10.0. The fraction of sp³-hybridized carbons (Fsp3) is 0.273. The van der Waals surface area contributed by atoms with Crippen molar-refractivity contribution < 1.29 is 9.84 Å². The molecule has 2 rings (SSSR count). The van der Waals surface area contributed by atoms with Crippen molar-refractivity contribution in [2.75, 3.05) is 7.11 Å². The van der Waals surface area contributed by atoms with E-state index in [-0.39, 0.29) is 0 Å². The van der Waals surface area contributed by atoms with Crippen molar-refractivity contribution in [3.63, 3.8) is 0 Å². The molecule has 16 heavy (non-hydrogen) atoms. The smallest absolute Gasteiger partial charge is 0.238 e. The maximum atomic E-state index is 10.0. The molecule has 84 valence electrons.